The Morgan fingerprint density at radius 1 is 1.24 bits per heavy atom. The maximum absolute atomic E-state index is 11.9. The van der Waals surface area contributed by atoms with Crippen molar-refractivity contribution in [3.8, 4) is 0 Å². The summed E-state index contributed by atoms with van der Waals surface area (Å²) < 4.78 is 53.4. The maximum Gasteiger partial charge on any atom is 0.261 e. The van der Waals surface area contributed by atoms with Gasteiger partial charge in [0, 0.05) is 24.4 Å². The first-order valence-electron chi connectivity index (χ1n) is 5.81. The molecular formula is C11H15Cl2NO5S2. The number of aryl methyl sites for hydroxylation is 1. The molecular weight excluding hydrogens is 361 g/mol. The van der Waals surface area contributed by atoms with Gasteiger partial charge in [-0.2, -0.15) is 0 Å². The van der Waals surface area contributed by atoms with Gasteiger partial charge >= 0.3 is 0 Å². The zero-order valence-corrected chi connectivity index (χ0v) is 14.5. The first-order chi connectivity index (χ1) is 9.57. The fourth-order valence-corrected chi connectivity index (χ4v) is 4.04. The molecule has 0 saturated heterocycles. The monoisotopic (exact) mass is 375 g/mol. The Hall–Kier alpha value is -0.540. The number of halogens is 2. The van der Waals surface area contributed by atoms with Crippen molar-refractivity contribution < 1.29 is 21.6 Å². The second kappa shape index (κ2) is 7.15. The van der Waals surface area contributed by atoms with E-state index in [1.54, 1.807) is 0 Å². The van der Waals surface area contributed by atoms with Crippen LogP contribution in [0, 0.1) is 6.92 Å². The molecule has 0 spiro atoms. The molecule has 0 radical (unpaired) electrons. The molecule has 0 heterocycles. The van der Waals surface area contributed by atoms with Gasteiger partial charge in [0.05, 0.1) is 21.4 Å². The van der Waals surface area contributed by atoms with Crippen LogP contribution in [0.4, 0.5) is 5.69 Å². The van der Waals surface area contributed by atoms with Crippen molar-refractivity contribution in [2.75, 3.05) is 24.2 Å². The Morgan fingerprint density at radius 2 is 1.86 bits per heavy atom. The van der Waals surface area contributed by atoms with Gasteiger partial charge in [-0.3, -0.25) is 4.72 Å². The van der Waals surface area contributed by atoms with Crippen molar-refractivity contribution in [2.24, 2.45) is 0 Å². The van der Waals surface area contributed by atoms with Crippen LogP contribution in [0.1, 0.15) is 12.0 Å². The number of sulfonamides is 1. The third kappa shape index (κ3) is 5.63. The van der Waals surface area contributed by atoms with E-state index >= 15 is 0 Å². The third-order valence-electron chi connectivity index (χ3n) is 2.56. The molecule has 0 aromatic heterocycles. The minimum Gasteiger partial charge on any atom is -0.385 e. The first-order valence-corrected chi connectivity index (χ1v) is 10.1. The predicted molar refractivity (Wildman–Crippen MR) is 83.1 cm³/mol. The minimum atomic E-state index is -3.93. The lowest BCUT2D eigenvalue weighted by Gasteiger charge is -2.13. The van der Waals surface area contributed by atoms with E-state index < -0.39 is 19.1 Å². The molecule has 0 fully saturated rings. The van der Waals surface area contributed by atoms with Gasteiger partial charge in [0.2, 0.25) is 10.0 Å². The molecule has 0 aliphatic rings. The fourth-order valence-electron chi connectivity index (χ4n) is 1.58. The van der Waals surface area contributed by atoms with Crippen LogP contribution in [-0.2, 0) is 23.8 Å². The molecule has 1 rings (SSSR count). The highest BCUT2D eigenvalue weighted by Crippen LogP contribution is 2.31. The minimum absolute atomic E-state index is 0.0375. The standard InChI is InChI=1S/C11H15Cl2NO5S2/c1-8-6-9(21(13,17)18)7-10(12)11(8)14-20(15,16)5-3-4-19-2/h6-7,14H,3-5H2,1-2H3. The Balaban J connectivity index is 3.05. The molecule has 0 unspecified atom stereocenters. The van der Waals surface area contributed by atoms with Crippen LogP contribution >= 0.6 is 22.3 Å². The van der Waals surface area contributed by atoms with Crippen molar-refractivity contribution in [1.82, 2.24) is 0 Å². The summed E-state index contributed by atoms with van der Waals surface area (Å²) in [5, 5.41) is -0.0375. The third-order valence-corrected chi connectivity index (χ3v) is 5.53. The maximum atomic E-state index is 11.9. The van der Waals surface area contributed by atoms with Crippen LogP contribution in [0.25, 0.3) is 0 Å². The van der Waals surface area contributed by atoms with Gasteiger partial charge in [0.25, 0.3) is 9.05 Å². The van der Waals surface area contributed by atoms with Crippen molar-refractivity contribution >= 4 is 47.0 Å². The summed E-state index contributed by atoms with van der Waals surface area (Å²) in [7, 11) is -0.817. The molecule has 0 amide bonds. The van der Waals surface area contributed by atoms with Crippen molar-refractivity contribution in [3.63, 3.8) is 0 Å². The molecule has 10 heteroatoms. The molecule has 0 aliphatic carbocycles. The molecule has 1 N–H and O–H groups in total. The molecule has 0 aliphatic heterocycles. The van der Waals surface area contributed by atoms with E-state index in [-0.39, 0.29) is 21.4 Å². The Kier molecular flexibility index (Phi) is 6.30. The van der Waals surface area contributed by atoms with E-state index in [2.05, 4.69) is 4.72 Å². The van der Waals surface area contributed by atoms with Crippen molar-refractivity contribution in [3.05, 3.63) is 22.7 Å². The zero-order chi connectivity index (χ0) is 16.3. The van der Waals surface area contributed by atoms with Crippen LogP contribution in [-0.4, -0.2) is 36.3 Å². The molecule has 6 nitrogen and oxygen atoms in total. The normalized spacial score (nSPS) is 12.4. The number of rotatable bonds is 7. The Labute approximate surface area is 133 Å². The van der Waals surface area contributed by atoms with Crippen LogP contribution < -0.4 is 4.72 Å². The summed E-state index contributed by atoms with van der Waals surface area (Å²) in [6.45, 7) is 1.85. The predicted octanol–water partition coefficient (Wildman–Crippen LogP) is 2.35. The number of hydrogen-bond donors (Lipinski definition) is 1. The SMILES string of the molecule is COCCCS(=O)(=O)Nc1c(C)cc(S(=O)(=O)Cl)cc1Cl. The smallest absolute Gasteiger partial charge is 0.261 e. The lowest BCUT2D eigenvalue weighted by atomic mass is 10.2. The fraction of sp³-hybridized carbons (Fsp3) is 0.455. The zero-order valence-electron chi connectivity index (χ0n) is 11.4. The number of hydrogen-bond acceptors (Lipinski definition) is 5. The molecule has 21 heavy (non-hydrogen) atoms. The van der Waals surface area contributed by atoms with E-state index in [4.69, 9.17) is 27.0 Å². The van der Waals surface area contributed by atoms with Crippen LogP contribution in [0.2, 0.25) is 5.02 Å². The average molecular weight is 376 g/mol. The number of anilines is 1. The summed E-state index contributed by atoms with van der Waals surface area (Å²) in [5.74, 6) is -0.133. The highest BCUT2D eigenvalue weighted by molar-refractivity contribution is 8.13. The second-order valence-electron chi connectivity index (χ2n) is 4.30. The lowest BCUT2D eigenvalue weighted by Crippen LogP contribution is -2.18. The highest BCUT2D eigenvalue weighted by atomic mass is 35.7. The van der Waals surface area contributed by atoms with Gasteiger partial charge in [-0.1, -0.05) is 11.6 Å². The summed E-state index contributed by atoms with van der Waals surface area (Å²) in [6, 6.07) is 2.35. The number of methoxy groups -OCH3 is 1. The highest BCUT2D eigenvalue weighted by Gasteiger charge is 2.18. The molecule has 1 aromatic carbocycles. The first kappa shape index (κ1) is 18.5. The van der Waals surface area contributed by atoms with E-state index in [0.717, 1.165) is 6.07 Å². The van der Waals surface area contributed by atoms with Gasteiger partial charge in [0.15, 0.2) is 0 Å². The largest absolute Gasteiger partial charge is 0.385 e. The molecule has 120 valence electrons. The van der Waals surface area contributed by atoms with Gasteiger partial charge in [-0.25, -0.2) is 16.8 Å². The van der Waals surface area contributed by atoms with Gasteiger partial charge in [-0.15, -0.1) is 0 Å². The molecule has 1 aromatic rings. The van der Waals surface area contributed by atoms with Gasteiger partial charge in [-0.05, 0) is 31.0 Å². The summed E-state index contributed by atoms with van der Waals surface area (Å²) in [5.41, 5.74) is 0.496. The Morgan fingerprint density at radius 3 is 2.33 bits per heavy atom. The van der Waals surface area contributed by atoms with E-state index in [9.17, 15) is 16.8 Å². The Bertz CT molecular complexity index is 693. The van der Waals surface area contributed by atoms with Crippen molar-refractivity contribution in [1.29, 1.82) is 0 Å². The average Bonchev–Trinajstić information content (AvgIpc) is 2.32. The molecule has 0 bridgehead atoms. The number of ether oxygens (including phenoxy) is 1. The van der Waals surface area contributed by atoms with E-state index in [0.29, 0.717) is 18.6 Å². The summed E-state index contributed by atoms with van der Waals surface area (Å²) >= 11 is 5.93. The summed E-state index contributed by atoms with van der Waals surface area (Å²) in [4.78, 5) is -0.186. The second-order valence-corrected chi connectivity index (χ2v) is 9.12. The number of nitrogens with one attached hydrogen (secondary N) is 1. The summed E-state index contributed by atoms with van der Waals surface area (Å²) in [6.07, 6.45) is 0.330. The van der Waals surface area contributed by atoms with Crippen LogP contribution in [0.3, 0.4) is 0 Å². The van der Waals surface area contributed by atoms with Crippen molar-refractivity contribution in [2.45, 2.75) is 18.2 Å². The van der Waals surface area contributed by atoms with Crippen LogP contribution in [0.5, 0.6) is 0 Å². The van der Waals surface area contributed by atoms with Crippen LogP contribution in [0.15, 0.2) is 17.0 Å². The number of benzene rings is 1. The van der Waals surface area contributed by atoms with E-state index in [1.165, 1.54) is 20.1 Å². The lowest BCUT2D eigenvalue weighted by molar-refractivity contribution is 0.199. The quantitative estimate of drug-likeness (QED) is 0.583. The molecule has 0 atom stereocenters. The van der Waals surface area contributed by atoms with Gasteiger partial charge < -0.3 is 4.74 Å². The molecule has 0 saturated carbocycles. The van der Waals surface area contributed by atoms with Gasteiger partial charge in [0.1, 0.15) is 0 Å². The topological polar surface area (TPSA) is 89.5 Å². The van der Waals surface area contributed by atoms with E-state index in [1.807, 2.05) is 0 Å².